The van der Waals surface area contributed by atoms with Crippen molar-refractivity contribution in [1.29, 1.82) is 0 Å². The van der Waals surface area contributed by atoms with Gasteiger partial charge in [0.1, 0.15) is 11.7 Å². The lowest BCUT2D eigenvalue weighted by atomic mass is 9.98. The minimum absolute atomic E-state index is 0.266. The van der Waals surface area contributed by atoms with Crippen LogP contribution in [0.25, 0.3) is 0 Å². The van der Waals surface area contributed by atoms with Gasteiger partial charge in [-0.25, -0.2) is 4.98 Å². The van der Waals surface area contributed by atoms with E-state index in [-0.39, 0.29) is 5.82 Å². The summed E-state index contributed by atoms with van der Waals surface area (Å²) < 4.78 is 6.03. The summed E-state index contributed by atoms with van der Waals surface area (Å²) in [6.45, 7) is 1.78. The number of methoxy groups -OCH3 is 1. The predicted molar refractivity (Wildman–Crippen MR) is 81.5 cm³/mol. The lowest BCUT2D eigenvalue weighted by Crippen LogP contribution is -2.18. The molecule has 0 spiro atoms. The number of nitrogens with zero attached hydrogens (tertiary/aromatic N) is 2. The Bertz CT molecular complexity index is 644. The molecule has 6 heteroatoms. The number of carboxylic acids is 1. The number of aromatic nitrogens is 2. The lowest BCUT2D eigenvalue weighted by Gasteiger charge is -2.13. The van der Waals surface area contributed by atoms with Crippen molar-refractivity contribution >= 4 is 21.9 Å². The Hall–Kier alpha value is -1.95. The molecular formula is C15H15BrN2O3. The van der Waals surface area contributed by atoms with Gasteiger partial charge in [-0.15, -0.1) is 0 Å². The van der Waals surface area contributed by atoms with Crippen LogP contribution >= 0.6 is 15.9 Å². The van der Waals surface area contributed by atoms with Crippen LogP contribution in [0.3, 0.4) is 0 Å². The Morgan fingerprint density at radius 1 is 1.33 bits per heavy atom. The molecule has 0 saturated heterocycles. The second-order valence-corrected chi connectivity index (χ2v) is 5.55. The smallest absolute Gasteiger partial charge is 0.314 e. The van der Waals surface area contributed by atoms with Crippen LogP contribution in [0.1, 0.15) is 23.0 Å². The van der Waals surface area contributed by atoms with Gasteiger partial charge in [-0.05, 0) is 31.0 Å². The van der Waals surface area contributed by atoms with E-state index in [0.717, 1.165) is 10.0 Å². The highest BCUT2D eigenvalue weighted by atomic mass is 79.9. The SMILES string of the molecule is COc1cc(C)nc(C(Cc2ccc(Br)cc2)C(=O)O)n1. The Morgan fingerprint density at radius 2 is 2.00 bits per heavy atom. The van der Waals surface area contributed by atoms with Crippen molar-refractivity contribution in [2.75, 3.05) is 7.11 Å². The number of hydrogen-bond donors (Lipinski definition) is 1. The lowest BCUT2D eigenvalue weighted by molar-refractivity contribution is -0.139. The van der Waals surface area contributed by atoms with Crippen molar-refractivity contribution in [3.63, 3.8) is 0 Å². The molecule has 2 aromatic rings. The maximum Gasteiger partial charge on any atom is 0.314 e. The van der Waals surface area contributed by atoms with Gasteiger partial charge in [0.2, 0.25) is 5.88 Å². The Morgan fingerprint density at radius 3 is 2.57 bits per heavy atom. The molecule has 2 rings (SSSR count). The zero-order chi connectivity index (χ0) is 15.4. The molecule has 0 amide bonds. The highest BCUT2D eigenvalue weighted by Gasteiger charge is 2.24. The highest BCUT2D eigenvalue weighted by Crippen LogP contribution is 2.22. The van der Waals surface area contributed by atoms with Gasteiger partial charge in [0.25, 0.3) is 0 Å². The molecule has 0 radical (unpaired) electrons. The fraction of sp³-hybridized carbons (Fsp3) is 0.267. The molecule has 21 heavy (non-hydrogen) atoms. The molecule has 5 nitrogen and oxygen atoms in total. The van der Waals surface area contributed by atoms with Crippen molar-refractivity contribution in [2.24, 2.45) is 0 Å². The summed E-state index contributed by atoms with van der Waals surface area (Å²) in [5.74, 6) is -1.12. The standard InChI is InChI=1S/C15H15BrN2O3/c1-9-7-13(21-2)18-14(17-9)12(15(19)20)8-10-3-5-11(16)6-4-10/h3-7,12H,8H2,1-2H3,(H,19,20). The number of halogens is 1. The molecule has 0 aliphatic heterocycles. The van der Waals surface area contributed by atoms with Crippen LogP contribution in [0.2, 0.25) is 0 Å². The maximum atomic E-state index is 11.6. The van der Waals surface area contributed by atoms with Gasteiger partial charge in [0, 0.05) is 16.2 Å². The molecule has 110 valence electrons. The predicted octanol–water partition coefficient (Wildman–Crippen LogP) is 2.97. The minimum Gasteiger partial charge on any atom is -0.481 e. The van der Waals surface area contributed by atoms with Crippen LogP contribution in [0, 0.1) is 6.92 Å². The molecule has 1 aromatic heterocycles. The second-order valence-electron chi connectivity index (χ2n) is 4.63. The van der Waals surface area contributed by atoms with Crippen molar-refractivity contribution in [3.05, 3.63) is 51.9 Å². The number of aliphatic carboxylic acids is 1. The van der Waals surface area contributed by atoms with E-state index in [9.17, 15) is 9.90 Å². The molecule has 1 unspecified atom stereocenters. The average Bonchev–Trinajstić information content (AvgIpc) is 2.45. The first-order chi connectivity index (χ1) is 9.99. The molecule has 0 bridgehead atoms. The van der Waals surface area contributed by atoms with E-state index < -0.39 is 11.9 Å². The van der Waals surface area contributed by atoms with E-state index in [4.69, 9.17) is 4.74 Å². The van der Waals surface area contributed by atoms with Crippen LogP contribution in [-0.2, 0) is 11.2 Å². The topological polar surface area (TPSA) is 72.3 Å². The quantitative estimate of drug-likeness (QED) is 0.897. The zero-order valence-corrected chi connectivity index (χ0v) is 13.3. The van der Waals surface area contributed by atoms with Crippen LogP contribution in [0.15, 0.2) is 34.8 Å². The van der Waals surface area contributed by atoms with Gasteiger partial charge >= 0.3 is 5.97 Å². The van der Waals surface area contributed by atoms with Crippen LogP contribution in [0.5, 0.6) is 5.88 Å². The second kappa shape index (κ2) is 6.67. The molecule has 0 aliphatic rings. The fourth-order valence-corrected chi connectivity index (χ4v) is 2.23. The van der Waals surface area contributed by atoms with Gasteiger partial charge in [0.05, 0.1) is 7.11 Å². The molecule has 1 aromatic carbocycles. The normalized spacial score (nSPS) is 12.0. The zero-order valence-electron chi connectivity index (χ0n) is 11.7. The molecule has 0 saturated carbocycles. The fourth-order valence-electron chi connectivity index (χ4n) is 1.97. The van der Waals surface area contributed by atoms with E-state index in [1.807, 2.05) is 24.3 Å². The first-order valence-corrected chi connectivity index (χ1v) is 7.15. The molecule has 1 heterocycles. The largest absolute Gasteiger partial charge is 0.481 e. The van der Waals surface area contributed by atoms with Crippen molar-refractivity contribution < 1.29 is 14.6 Å². The number of carbonyl (C=O) groups is 1. The Balaban J connectivity index is 2.32. The third-order valence-electron chi connectivity index (χ3n) is 3.02. The van der Waals surface area contributed by atoms with E-state index >= 15 is 0 Å². The van der Waals surface area contributed by atoms with Gasteiger partial charge in [-0.1, -0.05) is 28.1 Å². The summed E-state index contributed by atoms with van der Waals surface area (Å²) in [5.41, 5.74) is 1.59. The van der Waals surface area contributed by atoms with Gasteiger partial charge in [-0.2, -0.15) is 4.98 Å². The monoisotopic (exact) mass is 350 g/mol. The number of hydrogen-bond acceptors (Lipinski definition) is 4. The maximum absolute atomic E-state index is 11.6. The van der Waals surface area contributed by atoms with E-state index in [0.29, 0.717) is 18.0 Å². The number of aryl methyl sites for hydroxylation is 1. The molecule has 1 N–H and O–H groups in total. The molecular weight excluding hydrogens is 336 g/mol. The third kappa shape index (κ3) is 4.01. The Labute approximate surface area is 131 Å². The van der Waals surface area contributed by atoms with Crippen LogP contribution in [0.4, 0.5) is 0 Å². The van der Waals surface area contributed by atoms with Crippen LogP contribution in [-0.4, -0.2) is 28.2 Å². The summed E-state index contributed by atoms with van der Waals surface area (Å²) in [4.78, 5) is 20.0. The van der Waals surface area contributed by atoms with Crippen LogP contribution < -0.4 is 4.74 Å². The first kappa shape index (κ1) is 15.4. The summed E-state index contributed by atoms with van der Waals surface area (Å²) in [6, 6.07) is 9.19. The van der Waals surface area contributed by atoms with E-state index in [1.165, 1.54) is 7.11 Å². The summed E-state index contributed by atoms with van der Waals surface area (Å²) in [7, 11) is 1.50. The minimum atomic E-state index is -0.953. The molecule has 0 aliphatic carbocycles. The molecule has 1 atom stereocenters. The van der Waals surface area contributed by atoms with Gasteiger partial charge < -0.3 is 9.84 Å². The third-order valence-corrected chi connectivity index (χ3v) is 3.55. The summed E-state index contributed by atoms with van der Waals surface area (Å²) in [5, 5.41) is 9.47. The number of carboxylic acid groups (broad SMARTS) is 1. The molecule has 0 fully saturated rings. The number of benzene rings is 1. The van der Waals surface area contributed by atoms with Crippen molar-refractivity contribution in [2.45, 2.75) is 19.3 Å². The summed E-state index contributed by atoms with van der Waals surface area (Å²) in [6.07, 6.45) is 0.329. The number of rotatable bonds is 5. The Kier molecular flexibility index (Phi) is 4.90. The van der Waals surface area contributed by atoms with E-state index in [2.05, 4.69) is 25.9 Å². The first-order valence-electron chi connectivity index (χ1n) is 6.36. The summed E-state index contributed by atoms with van der Waals surface area (Å²) >= 11 is 3.36. The van der Waals surface area contributed by atoms with E-state index in [1.54, 1.807) is 13.0 Å². The highest BCUT2D eigenvalue weighted by molar-refractivity contribution is 9.10. The van der Waals surface area contributed by atoms with Gasteiger partial charge in [0.15, 0.2) is 0 Å². The van der Waals surface area contributed by atoms with Gasteiger partial charge in [-0.3, -0.25) is 4.79 Å². The average molecular weight is 351 g/mol. The number of ether oxygens (including phenoxy) is 1. The van der Waals surface area contributed by atoms with Crippen molar-refractivity contribution in [1.82, 2.24) is 9.97 Å². The van der Waals surface area contributed by atoms with Crippen molar-refractivity contribution in [3.8, 4) is 5.88 Å².